The lowest BCUT2D eigenvalue weighted by Crippen LogP contribution is -2.45. The molecule has 4 rings (SSSR count). The SMILES string of the molecule is CN1CCC(N(C)C(=O)c2nn(Cc3ccccc3)c(=O)c3ccccc23)CC1. The minimum atomic E-state index is -0.178. The fourth-order valence-corrected chi connectivity index (χ4v) is 3.97. The van der Waals surface area contributed by atoms with E-state index in [2.05, 4.69) is 17.0 Å². The number of carbonyl (C=O) groups is 1. The third kappa shape index (κ3) is 3.93. The topological polar surface area (TPSA) is 58.4 Å². The zero-order valence-corrected chi connectivity index (χ0v) is 16.9. The summed E-state index contributed by atoms with van der Waals surface area (Å²) < 4.78 is 1.41. The fraction of sp³-hybridized carbons (Fsp3) is 0.348. The molecule has 1 saturated heterocycles. The Bertz CT molecular complexity index is 1070. The standard InChI is InChI=1S/C23H26N4O2/c1-25-14-12-18(13-15-25)26(2)23(29)21-19-10-6-7-11-20(19)22(28)27(24-21)16-17-8-4-3-5-9-17/h3-11,18H,12-16H2,1-2H3. The number of carbonyl (C=O) groups excluding carboxylic acids is 1. The Balaban J connectivity index is 1.73. The first-order chi connectivity index (χ1) is 14.0. The van der Waals surface area contributed by atoms with Crippen molar-refractivity contribution in [2.75, 3.05) is 27.2 Å². The van der Waals surface area contributed by atoms with Gasteiger partial charge in [0.2, 0.25) is 0 Å². The summed E-state index contributed by atoms with van der Waals surface area (Å²) in [4.78, 5) is 30.5. The van der Waals surface area contributed by atoms with E-state index in [-0.39, 0.29) is 17.5 Å². The van der Waals surface area contributed by atoms with Crippen molar-refractivity contribution in [2.45, 2.75) is 25.4 Å². The highest BCUT2D eigenvalue weighted by Gasteiger charge is 2.27. The molecule has 0 unspecified atom stereocenters. The van der Waals surface area contributed by atoms with Gasteiger partial charge in [-0.2, -0.15) is 5.10 Å². The number of hydrogen-bond acceptors (Lipinski definition) is 4. The number of rotatable bonds is 4. The number of nitrogens with zero attached hydrogens (tertiary/aromatic N) is 4. The minimum Gasteiger partial charge on any atom is -0.337 e. The van der Waals surface area contributed by atoms with E-state index in [1.807, 2.05) is 55.6 Å². The number of benzene rings is 2. The molecule has 0 saturated carbocycles. The Morgan fingerprint density at radius 1 is 1.03 bits per heavy atom. The summed E-state index contributed by atoms with van der Waals surface area (Å²) in [7, 11) is 3.95. The Morgan fingerprint density at radius 3 is 2.34 bits per heavy atom. The summed E-state index contributed by atoms with van der Waals surface area (Å²) in [6, 6.07) is 17.1. The molecule has 1 aliphatic heterocycles. The average Bonchev–Trinajstić information content (AvgIpc) is 2.76. The number of likely N-dealkylation sites (tertiary alicyclic amines) is 1. The minimum absolute atomic E-state index is 0.127. The van der Waals surface area contributed by atoms with Gasteiger partial charge in [0.15, 0.2) is 5.69 Å². The van der Waals surface area contributed by atoms with Gasteiger partial charge < -0.3 is 9.80 Å². The smallest absolute Gasteiger partial charge is 0.274 e. The molecule has 0 spiro atoms. The maximum Gasteiger partial charge on any atom is 0.274 e. The molecule has 2 heterocycles. The van der Waals surface area contributed by atoms with Crippen LogP contribution in [0.3, 0.4) is 0 Å². The van der Waals surface area contributed by atoms with Crippen molar-refractivity contribution in [3.63, 3.8) is 0 Å². The Hall–Kier alpha value is -2.99. The van der Waals surface area contributed by atoms with Crippen LogP contribution in [0.15, 0.2) is 59.4 Å². The lowest BCUT2D eigenvalue weighted by Gasteiger charge is -2.35. The number of fused-ring (bicyclic) bond motifs is 1. The maximum absolute atomic E-state index is 13.4. The van der Waals surface area contributed by atoms with E-state index < -0.39 is 0 Å². The third-order valence-corrected chi connectivity index (χ3v) is 5.80. The Kier molecular flexibility index (Phi) is 5.45. The molecule has 0 aliphatic carbocycles. The zero-order valence-electron chi connectivity index (χ0n) is 16.9. The highest BCUT2D eigenvalue weighted by Crippen LogP contribution is 2.20. The van der Waals surface area contributed by atoms with Gasteiger partial charge in [-0.3, -0.25) is 9.59 Å². The van der Waals surface area contributed by atoms with Gasteiger partial charge >= 0.3 is 0 Å². The molecule has 3 aromatic rings. The van der Waals surface area contributed by atoms with Crippen LogP contribution in [-0.4, -0.2) is 58.7 Å². The van der Waals surface area contributed by atoms with Gasteiger partial charge in [-0.25, -0.2) is 4.68 Å². The quantitative estimate of drug-likeness (QED) is 0.687. The lowest BCUT2D eigenvalue weighted by molar-refractivity contribution is 0.0653. The van der Waals surface area contributed by atoms with Gasteiger partial charge in [-0.1, -0.05) is 48.5 Å². The number of piperidine rings is 1. The molecule has 0 bridgehead atoms. The van der Waals surface area contributed by atoms with Gasteiger partial charge in [0.05, 0.1) is 11.9 Å². The van der Waals surface area contributed by atoms with E-state index >= 15 is 0 Å². The Labute approximate surface area is 170 Å². The fourth-order valence-electron chi connectivity index (χ4n) is 3.97. The number of aromatic nitrogens is 2. The predicted molar refractivity (Wildman–Crippen MR) is 114 cm³/mol. The number of hydrogen-bond donors (Lipinski definition) is 0. The van der Waals surface area contributed by atoms with Gasteiger partial charge in [0.25, 0.3) is 11.5 Å². The van der Waals surface area contributed by atoms with Crippen molar-refractivity contribution < 1.29 is 4.79 Å². The van der Waals surface area contributed by atoms with Crippen LogP contribution in [0.5, 0.6) is 0 Å². The first kappa shape index (κ1) is 19.3. The molecule has 6 heteroatoms. The summed E-state index contributed by atoms with van der Waals surface area (Å²) >= 11 is 0. The van der Waals surface area contributed by atoms with E-state index in [4.69, 9.17) is 0 Å². The van der Waals surface area contributed by atoms with Crippen LogP contribution >= 0.6 is 0 Å². The van der Waals surface area contributed by atoms with Crippen LogP contribution in [0.4, 0.5) is 0 Å². The van der Waals surface area contributed by atoms with Crippen molar-refractivity contribution in [3.8, 4) is 0 Å². The normalized spacial score (nSPS) is 15.5. The van der Waals surface area contributed by atoms with E-state index in [0.717, 1.165) is 31.5 Å². The van der Waals surface area contributed by atoms with E-state index in [1.165, 1.54) is 4.68 Å². The van der Waals surface area contributed by atoms with Crippen molar-refractivity contribution in [1.82, 2.24) is 19.6 Å². The van der Waals surface area contributed by atoms with E-state index in [9.17, 15) is 9.59 Å². The molecule has 6 nitrogen and oxygen atoms in total. The Morgan fingerprint density at radius 2 is 1.66 bits per heavy atom. The highest BCUT2D eigenvalue weighted by atomic mass is 16.2. The molecule has 1 amide bonds. The molecule has 0 radical (unpaired) electrons. The first-order valence-electron chi connectivity index (χ1n) is 10.0. The molecular weight excluding hydrogens is 364 g/mol. The second-order valence-electron chi connectivity index (χ2n) is 7.79. The van der Waals surface area contributed by atoms with Gasteiger partial charge in [0, 0.05) is 18.5 Å². The van der Waals surface area contributed by atoms with Crippen molar-refractivity contribution in [1.29, 1.82) is 0 Å². The summed E-state index contributed by atoms with van der Waals surface area (Å²) in [5.74, 6) is -0.127. The molecule has 0 N–H and O–H groups in total. The summed E-state index contributed by atoms with van der Waals surface area (Å²) in [6.07, 6.45) is 1.89. The van der Waals surface area contributed by atoms with Crippen LogP contribution in [-0.2, 0) is 6.54 Å². The molecule has 1 aliphatic rings. The van der Waals surface area contributed by atoms with Crippen LogP contribution in [0.25, 0.3) is 10.8 Å². The third-order valence-electron chi connectivity index (χ3n) is 5.80. The molecule has 1 fully saturated rings. The molecule has 29 heavy (non-hydrogen) atoms. The van der Waals surface area contributed by atoms with Crippen molar-refractivity contribution in [3.05, 3.63) is 76.2 Å². The molecule has 1 aromatic heterocycles. The zero-order chi connectivity index (χ0) is 20.4. The van der Waals surface area contributed by atoms with Crippen LogP contribution in [0.1, 0.15) is 28.9 Å². The predicted octanol–water partition coefficient (Wildman–Crippen LogP) is 2.61. The van der Waals surface area contributed by atoms with Gasteiger partial charge in [-0.05, 0) is 44.6 Å². The van der Waals surface area contributed by atoms with Crippen LogP contribution < -0.4 is 5.56 Å². The van der Waals surface area contributed by atoms with Crippen molar-refractivity contribution >= 4 is 16.7 Å². The maximum atomic E-state index is 13.4. The first-order valence-corrected chi connectivity index (χ1v) is 10.0. The lowest BCUT2D eigenvalue weighted by atomic mass is 10.0. The second kappa shape index (κ2) is 8.17. The average molecular weight is 390 g/mol. The van der Waals surface area contributed by atoms with Crippen molar-refractivity contribution in [2.24, 2.45) is 0 Å². The molecule has 150 valence electrons. The van der Waals surface area contributed by atoms with E-state index in [1.54, 1.807) is 11.0 Å². The molecule has 0 atom stereocenters. The summed E-state index contributed by atoms with van der Waals surface area (Å²) in [5.41, 5.74) is 1.14. The van der Waals surface area contributed by atoms with E-state index in [0.29, 0.717) is 23.0 Å². The molecular formula is C23H26N4O2. The number of amides is 1. The highest BCUT2D eigenvalue weighted by molar-refractivity contribution is 6.04. The van der Waals surface area contributed by atoms with Gasteiger partial charge in [0.1, 0.15) is 0 Å². The van der Waals surface area contributed by atoms with Crippen LogP contribution in [0, 0.1) is 0 Å². The van der Waals surface area contributed by atoms with Crippen LogP contribution in [0.2, 0.25) is 0 Å². The monoisotopic (exact) mass is 390 g/mol. The largest absolute Gasteiger partial charge is 0.337 e. The molecule has 2 aromatic carbocycles. The summed E-state index contributed by atoms with van der Waals surface area (Å²) in [5, 5.41) is 5.67. The van der Waals surface area contributed by atoms with Gasteiger partial charge in [-0.15, -0.1) is 0 Å². The second-order valence-corrected chi connectivity index (χ2v) is 7.79. The summed E-state index contributed by atoms with van der Waals surface area (Å²) in [6.45, 7) is 2.29.